The summed E-state index contributed by atoms with van der Waals surface area (Å²) in [6, 6.07) is 19.1. The highest BCUT2D eigenvalue weighted by molar-refractivity contribution is 8.18. The molecule has 0 aliphatic carbocycles. The number of thioether (sulfide) groups is 1. The maximum Gasteiger partial charge on any atom is 0.293 e. The number of imide groups is 1. The molecule has 0 aromatic heterocycles. The average Bonchev–Trinajstić information content (AvgIpc) is 3.11. The first-order valence-electron chi connectivity index (χ1n) is 10.7. The third kappa shape index (κ3) is 6.20. The van der Waals surface area contributed by atoms with Crippen molar-refractivity contribution in [1.82, 2.24) is 4.90 Å². The van der Waals surface area contributed by atoms with Crippen LogP contribution in [0.15, 0.2) is 71.6 Å². The molecule has 0 spiro atoms. The van der Waals surface area contributed by atoms with E-state index in [9.17, 15) is 14.4 Å². The van der Waals surface area contributed by atoms with E-state index in [0.717, 1.165) is 22.2 Å². The number of para-hydroxylation sites is 1. The number of anilines is 1. The quantitative estimate of drug-likeness (QED) is 0.338. The Bertz CT molecular complexity index is 1350. The van der Waals surface area contributed by atoms with Gasteiger partial charge >= 0.3 is 0 Å². The van der Waals surface area contributed by atoms with Gasteiger partial charge in [-0.3, -0.25) is 19.3 Å². The van der Waals surface area contributed by atoms with Crippen LogP contribution < -0.4 is 14.8 Å². The highest BCUT2D eigenvalue weighted by atomic mass is 35.5. The second-order valence-corrected chi connectivity index (χ2v) is 9.47. The summed E-state index contributed by atoms with van der Waals surface area (Å²) >= 11 is 13.3. The molecule has 0 saturated carbocycles. The predicted molar refractivity (Wildman–Crippen MR) is 142 cm³/mol. The largest absolute Gasteiger partial charge is 0.493 e. The van der Waals surface area contributed by atoms with Crippen molar-refractivity contribution in [2.24, 2.45) is 0 Å². The Balaban J connectivity index is 1.47. The van der Waals surface area contributed by atoms with E-state index >= 15 is 0 Å². The molecule has 1 heterocycles. The Hall–Kier alpha value is -3.46. The Morgan fingerprint density at radius 1 is 1.06 bits per heavy atom. The maximum atomic E-state index is 12.9. The number of rotatable bonds is 8. The molecule has 10 heteroatoms. The van der Waals surface area contributed by atoms with E-state index in [0.29, 0.717) is 16.3 Å². The van der Waals surface area contributed by atoms with Crippen molar-refractivity contribution in [1.29, 1.82) is 0 Å². The third-order valence-corrected chi connectivity index (χ3v) is 6.48. The third-order valence-electron chi connectivity index (χ3n) is 5.06. The number of carbonyl (C=O) groups excluding carboxylic acids is 3. The number of hydrogen-bond donors (Lipinski definition) is 1. The molecule has 3 aromatic rings. The van der Waals surface area contributed by atoms with Crippen LogP contribution in [0, 0.1) is 0 Å². The molecule has 0 bridgehead atoms. The van der Waals surface area contributed by atoms with Gasteiger partial charge in [0.1, 0.15) is 0 Å². The van der Waals surface area contributed by atoms with Gasteiger partial charge in [-0.25, -0.2) is 0 Å². The lowest BCUT2D eigenvalue weighted by atomic mass is 10.1. The summed E-state index contributed by atoms with van der Waals surface area (Å²) in [4.78, 5) is 39.0. The maximum absolute atomic E-state index is 12.9. The molecule has 0 unspecified atom stereocenters. The monoisotopic (exact) mass is 542 g/mol. The molecule has 1 aliphatic heterocycles. The van der Waals surface area contributed by atoms with Crippen LogP contribution in [0.25, 0.3) is 6.08 Å². The minimum Gasteiger partial charge on any atom is -0.493 e. The van der Waals surface area contributed by atoms with Gasteiger partial charge < -0.3 is 14.8 Å². The summed E-state index contributed by atoms with van der Waals surface area (Å²) in [5.41, 5.74) is 1.92. The molecular weight excluding hydrogens is 523 g/mol. The molecule has 1 fully saturated rings. The van der Waals surface area contributed by atoms with Gasteiger partial charge in [-0.1, -0.05) is 53.5 Å². The summed E-state index contributed by atoms with van der Waals surface area (Å²) in [5, 5.41) is 3.05. The zero-order valence-corrected chi connectivity index (χ0v) is 21.3. The molecule has 1 N–H and O–H groups in total. The van der Waals surface area contributed by atoms with Gasteiger partial charge in [-0.2, -0.15) is 0 Å². The van der Waals surface area contributed by atoms with Crippen molar-refractivity contribution in [3.63, 3.8) is 0 Å². The van der Waals surface area contributed by atoms with Crippen molar-refractivity contribution >= 4 is 63.8 Å². The molecule has 0 radical (unpaired) electrons. The van der Waals surface area contributed by atoms with Crippen molar-refractivity contribution in [2.45, 2.75) is 6.54 Å². The zero-order chi connectivity index (χ0) is 25.7. The number of carbonyl (C=O) groups is 3. The predicted octanol–water partition coefficient (Wildman–Crippen LogP) is 6.26. The Morgan fingerprint density at radius 2 is 1.83 bits per heavy atom. The van der Waals surface area contributed by atoms with Crippen LogP contribution in [-0.2, 0) is 16.1 Å². The van der Waals surface area contributed by atoms with E-state index in [1.807, 2.05) is 6.07 Å². The van der Waals surface area contributed by atoms with Gasteiger partial charge in [0.05, 0.1) is 23.6 Å². The lowest BCUT2D eigenvalue weighted by Crippen LogP contribution is -2.27. The first kappa shape index (κ1) is 25.6. The Kier molecular flexibility index (Phi) is 8.20. The number of ether oxygens (including phenoxy) is 2. The Morgan fingerprint density at radius 3 is 2.56 bits per heavy atom. The molecular formula is C26H20Cl2N2O5S. The summed E-state index contributed by atoms with van der Waals surface area (Å²) in [6.07, 6.45) is 1.56. The molecule has 7 nitrogen and oxygen atoms in total. The molecule has 1 aliphatic rings. The fraction of sp³-hybridized carbons (Fsp3) is 0.115. The van der Waals surface area contributed by atoms with Gasteiger partial charge in [0.15, 0.2) is 18.1 Å². The normalized spacial score (nSPS) is 14.3. The fourth-order valence-corrected chi connectivity index (χ4v) is 4.75. The van der Waals surface area contributed by atoms with E-state index in [1.54, 1.807) is 66.7 Å². The lowest BCUT2D eigenvalue weighted by molar-refractivity contribution is -0.123. The second kappa shape index (κ2) is 11.5. The van der Waals surface area contributed by atoms with Crippen LogP contribution in [0.2, 0.25) is 10.0 Å². The van der Waals surface area contributed by atoms with Crippen LogP contribution in [0.3, 0.4) is 0 Å². The SMILES string of the molecule is COc1cc(/C=C2\SC(=O)N(Cc3cccc(Cl)c3)C2=O)cc(Cl)c1OCC(=O)Nc1ccccc1. The Labute approximate surface area is 222 Å². The number of amides is 3. The number of nitrogens with one attached hydrogen (secondary N) is 1. The number of halogens is 2. The topological polar surface area (TPSA) is 84.9 Å². The molecule has 4 rings (SSSR count). The van der Waals surface area contributed by atoms with Crippen LogP contribution in [0.1, 0.15) is 11.1 Å². The summed E-state index contributed by atoms with van der Waals surface area (Å²) in [7, 11) is 1.44. The van der Waals surface area contributed by atoms with Crippen LogP contribution >= 0.6 is 35.0 Å². The average molecular weight is 543 g/mol. The molecule has 3 amide bonds. The van der Waals surface area contributed by atoms with Crippen molar-refractivity contribution < 1.29 is 23.9 Å². The van der Waals surface area contributed by atoms with Gasteiger partial charge in [-0.15, -0.1) is 0 Å². The smallest absolute Gasteiger partial charge is 0.293 e. The molecule has 3 aromatic carbocycles. The zero-order valence-electron chi connectivity index (χ0n) is 19.0. The van der Waals surface area contributed by atoms with E-state index in [1.165, 1.54) is 7.11 Å². The second-order valence-electron chi connectivity index (χ2n) is 7.63. The molecule has 0 atom stereocenters. The first-order chi connectivity index (χ1) is 17.3. The minimum absolute atomic E-state index is 0.116. The van der Waals surface area contributed by atoms with Crippen LogP contribution in [0.5, 0.6) is 11.5 Å². The highest BCUT2D eigenvalue weighted by Crippen LogP contribution is 2.39. The lowest BCUT2D eigenvalue weighted by Gasteiger charge is -2.14. The summed E-state index contributed by atoms with van der Waals surface area (Å²) in [5.74, 6) is -0.317. The van der Waals surface area contributed by atoms with Crippen molar-refractivity contribution in [2.75, 3.05) is 19.0 Å². The summed E-state index contributed by atoms with van der Waals surface area (Å²) < 4.78 is 11.0. The van der Waals surface area contributed by atoms with Crippen molar-refractivity contribution in [3.8, 4) is 11.5 Å². The molecule has 36 heavy (non-hydrogen) atoms. The van der Waals surface area contributed by atoms with E-state index in [4.69, 9.17) is 32.7 Å². The van der Waals surface area contributed by atoms with Gasteiger partial charge in [0, 0.05) is 10.7 Å². The van der Waals surface area contributed by atoms with Gasteiger partial charge in [0.2, 0.25) is 0 Å². The van der Waals surface area contributed by atoms with Crippen LogP contribution in [-0.4, -0.2) is 35.7 Å². The number of methoxy groups -OCH3 is 1. The number of benzene rings is 3. The molecule has 1 saturated heterocycles. The molecule has 184 valence electrons. The van der Waals surface area contributed by atoms with Crippen LogP contribution in [0.4, 0.5) is 10.5 Å². The standard InChI is InChI=1S/C26H20Cl2N2O5S/c1-34-21-12-17(11-20(28)24(21)35-15-23(31)29-19-8-3-2-4-9-19)13-22-25(32)30(26(33)36-22)14-16-6-5-7-18(27)10-16/h2-13H,14-15H2,1H3,(H,29,31)/b22-13-. The number of hydrogen-bond acceptors (Lipinski definition) is 6. The van der Waals surface area contributed by atoms with Gasteiger partial charge in [0.25, 0.3) is 17.1 Å². The van der Waals surface area contributed by atoms with E-state index < -0.39 is 5.91 Å². The van der Waals surface area contributed by atoms with Gasteiger partial charge in [-0.05, 0) is 65.4 Å². The summed E-state index contributed by atoms with van der Waals surface area (Å²) in [6.45, 7) is -0.169. The van der Waals surface area contributed by atoms with E-state index in [-0.39, 0.29) is 45.7 Å². The van der Waals surface area contributed by atoms with Crippen molar-refractivity contribution in [3.05, 3.63) is 92.8 Å². The minimum atomic E-state index is -0.419. The number of nitrogens with zero attached hydrogens (tertiary/aromatic N) is 1. The first-order valence-corrected chi connectivity index (χ1v) is 12.3. The van der Waals surface area contributed by atoms with E-state index in [2.05, 4.69) is 5.32 Å². The fourth-order valence-electron chi connectivity index (χ4n) is 3.43. The highest BCUT2D eigenvalue weighted by Gasteiger charge is 2.35.